The Labute approximate surface area is 193 Å². The van der Waals surface area contributed by atoms with Gasteiger partial charge in [-0.2, -0.15) is 5.10 Å². The first kappa shape index (κ1) is 23.5. The van der Waals surface area contributed by atoms with Gasteiger partial charge in [0.25, 0.3) is 0 Å². The summed E-state index contributed by atoms with van der Waals surface area (Å²) in [7, 11) is 0. The van der Waals surface area contributed by atoms with E-state index in [0.29, 0.717) is 44.0 Å². The van der Waals surface area contributed by atoms with E-state index in [0.717, 1.165) is 12.5 Å². The molecule has 2 aliphatic rings. The maximum atomic E-state index is 14.8. The van der Waals surface area contributed by atoms with E-state index in [9.17, 15) is 18.7 Å². The third-order valence-corrected chi connectivity index (χ3v) is 7.54. The van der Waals surface area contributed by atoms with Crippen molar-refractivity contribution in [2.45, 2.75) is 45.1 Å². The number of anilines is 1. The average molecular weight is 459 g/mol. The molecule has 5 atom stereocenters. The van der Waals surface area contributed by atoms with Crippen LogP contribution in [0, 0.1) is 29.4 Å². The summed E-state index contributed by atoms with van der Waals surface area (Å²) in [4.78, 5) is 17.5. The van der Waals surface area contributed by atoms with E-state index in [1.165, 1.54) is 12.1 Å². The lowest BCUT2D eigenvalue weighted by atomic mass is 9.72. The van der Waals surface area contributed by atoms with Gasteiger partial charge in [0.1, 0.15) is 11.6 Å². The van der Waals surface area contributed by atoms with Crippen molar-refractivity contribution >= 4 is 11.7 Å². The van der Waals surface area contributed by atoms with Gasteiger partial charge in [0, 0.05) is 56.2 Å². The minimum absolute atomic E-state index is 0.0626. The van der Waals surface area contributed by atoms with E-state index >= 15 is 0 Å². The number of aromatic nitrogens is 2. The summed E-state index contributed by atoms with van der Waals surface area (Å²) in [5.41, 5.74) is -0.461. The number of nitrogens with zero attached hydrogens (tertiary/aromatic N) is 4. The highest BCUT2D eigenvalue weighted by atomic mass is 19.1. The molecule has 2 saturated heterocycles. The molecular formula is C25H32F2N4O2. The van der Waals surface area contributed by atoms with Crippen molar-refractivity contribution in [2.24, 2.45) is 17.8 Å². The smallest absolute Gasteiger partial charge is 0.228 e. The van der Waals surface area contributed by atoms with E-state index in [1.807, 2.05) is 29.7 Å². The van der Waals surface area contributed by atoms with Gasteiger partial charge in [-0.3, -0.25) is 4.79 Å². The van der Waals surface area contributed by atoms with Crippen LogP contribution in [0.2, 0.25) is 0 Å². The number of likely N-dealkylation sites (tertiary alicyclic amines) is 1. The maximum Gasteiger partial charge on any atom is 0.228 e. The van der Waals surface area contributed by atoms with Crippen molar-refractivity contribution in [3.05, 3.63) is 53.7 Å². The van der Waals surface area contributed by atoms with Crippen LogP contribution in [0.3, 0.4) is 0 Å². The van der Waals surface area contributed by atoms with Gasteiger partial charge in [0.15, 0.2) is 5.82 Å². The zero-order chi connectivity index (χ0) is 23.8. The summed E-state index contributed by atoms with van der Waals surface area (Å²) in [5, 5.41) is 19.3. The average Bonchev–Trinajstić information content (AvgIpc) is 3.23. The highest BCUT2D eigenvalue weighted by molar-refractivity contribution is 5.82. The number of hydrogen-bond donors (Lipinski definition) is 1. The molecule has 1 aromatic carbocycles. The Kier molecular flexibility index (Phi) is 6.66. The number of amides is 1. The molecule has 0 spiro atoms. The predicted molar refractivity (Wildman–Crippen MR) is 122 cm³/mol. The van der Waals surface area contributed by atoms with Crippen molar-refractivity contribution in [1.82, 2.24) is 15.1 Å². The lowest BCUT2D eigenvalue weighted by Gasteiger charge is -2.48. The Morgan fingerprint density at radius 3 is 2.48 bits per heavy atom. The molecule has 1 unspecified atom stereocenters. The van der Waals surface area contributed by atoms with Gasteiger partial charge in [-0.1, -0.05) is 33.3 Å². The zero-order valence-electron chi connectivity index (χ0n) is 19.4. The summed E-state index contributed by atoms with van der Waals surface area (Å²) >= 11 is 0. The highest BCUT2D eigenvalue weighted by Gasteiger charge is 2.48. The van der Waals surface area contributed by atoms with Crippen LogP contribution in [0.15, 0.2) is 36.5 Å². The Bertz CT molecular complexity index is 978. The molecule has 0 saturated carbocycles. The second-order valence-corrected chi connectivity index (χ2v) is 9.65. The fourth-order valence-electron chi connectivity index (χ4n) is 5.67. The van der Waals surface area contributed by atoms with Crippen LogP contribution in [-0.4, -0.2) is 57.9 Å². The molecule has 33 heavy (non-hydrogen) atoms. The van der Waals surface area contributed by atoms with E-state index in [-0.39, 0.29) is 17.7 Å². The normalized spacial score (nSPS) is 30.0. The number of carbonyl (C=O) groups is 1. The predicted octanol–water partition coefficient (Wildman–Crippen LogP) is 3.62. The van der Waals surface area contributed by atoms with Gasteiger partial charge >= 0.3 is 0 Å². The van der Waals surface area contributed by atoms with E-state index in [1.54, 1.807) is 12.3 Å². The van der Waals surface area contributed by atoms with Crippen LogP contribution in [0.25, 0.3) is 0 Å². The summed E-state index contributed by atoms with van der Waals surface area (Å²) in [6.07, 6.45) is 3.15. The summed E-state index contributed by atoms with van der Waals surface area (Å²) in [6.45, 7) is 7.70. The number of halogens is 2. The first-order valence-corrected chi connectivity index (χ1v) is 11.7. The largest absolute Gasteiger partial charge is 0.389 e. The van der Waals surface area contributed by atoms with E-state index in [2.05, 4.69) is 17.1 Å². The Morgan fingerprint density at radius 2 is 1.88 bits per heavy atom. The number of rotatable bonds is 5. The first-order chi connectivity index (χ1) is 15.7. The molecule has 2 aromatic rings. The van der Waals surface area contributed by atoms with Crippen molar-refractivity contribution in [1.29, 1.82) is 0 Å². The molecule has 4 rings (SSSR count). The number of hydrogen-bond acceptors (Lipinski definition) is 5. The number of piperidine rings is 1. The molecule has 8 heteroatoms. The second-order valence-electron chi connectivity index (χ2n) is 9.65. The molecule has 6 nitrogen and oxygen atoms in total. The molecular weight excluding hydrogens is 426 g/mol. The summed E-state index contributed by atoms with van der Waals surface area (Å²) in [6, 6.07) is 7.14. The van der Waals surface area contributed by atoms with Crippen LogP contribution in [0.4, 0.5) is 14.6 Å². The SMILES string of the molecule is CCCC1(O)[C@H](C)CN(C(=O)[C@@H]2CN(c3cccnn3)C[C@H]2c2ccc(F)cc2F)C[C@@H]1C. The zero-order valence-corrected chi connectivity index (χ0v) is 19.4. The minimum Gasteiger partial charge on any atom is -0.389 e. The van der Waals surface area contributed by atoms with Crippen molar-refractivity contribution in [2.75, 3.05) is 31.1 Å². The van der Waals surface area contributed by atoms with Crippen molar-refractivity contribution in [3.8, 4) is 0 Å². The molecule has 0 aliphatic carbocycles. The standard InChI is InChI=1S/C25H32F2N4O2/c1-4-9-25(33)16(2)12-31(13-17(25)3)24(32)21-15-30(23-6-5-10-28-29-23)14-20(21)19-8-7-18(26)11-22(19)27/h5-8,10-11,16-17,20-21,33H,4,9,12-15H2,1-3H3/t16-,17+,20-,21+,25?/m0/s1. The quantitative estimate of drug-likeness (QED) is 0.741. The molecule has 2 fully saturated rings. The lowest BCUT2D eigenvalue weighted by molar-refractivity contribution is -0.151. The van der Waals surface area contributed by atoms with Gasteiger partial charge in [0.05, 0.1) is 11.5 Å². The number of aliphatic hydroxyl groups is 1. The van der Waals surface area contributed by atoms with Crippen LogP contribution >= 0.6 is 0 Å². The third-order valence-electron chi connectivity index (χ3n) is 7.54. The monoisotopic (exact) mass is 458 g/mol. The van der Waals surface area contributed by atoms with Crippen LogP contribution in [0.1, 0.15) is 45.1 Å². The van der Waals surface area contributed by atoms with Crippen LogP contribution in [0.5, 0.6) is 0 Å². The van der Waals surface area contributed by atoms with Gasteiger partial charge in [-0.05, 0) is 30.2 Å². The number of benzene rings is 1. The molecule has 0 bridgehead atoms. The Balaban J connectivity index is 1.62. The molecule has 1 amide bonds. The summed E-state index contributed by atoms with van der Waals surface area (Å²) in [5.74, 6) is -1.81. The molecule has 178 valence electrons. The van der Waals surface area contributed by atoms with Gasteiger partial charge in [-0.25, -0.2) is 8.78 Å². The topological polar surface area (TPSA) is 69.6 Å². The minimum atomic E-state index is -0.796. The Hall–Kier alpha value is -2.61. The third kappa shape index (κ3) is 4.45. The van der Waals surface area contributed by atoms with E-state index in [4.69, 9.17) is 0 Å². The second kappa shape index (κ2) is 9.33. The van der Waals surface area contributed by atoms with Crippen LogP contribution in [-0.2, 0) is 4.79 Å². The molecule has 1 aromatic heterocycles. The lowest BCUT2D eigenvalue weighted by Crippen LogP contribution is -2.58. The molecule has 0 radical (unpaired) electrons. The van der Waals surface area contributed by atoms with Gasteiger partial charge < -0.3 is 14.9 Å². The highest BCUT2D eigenvalue weighted by Crippen LogP contribution is 2.40. The fourth-order valence-corrected chi connectivity index (χ4v) is 5.67. The fraction of sp³-hybridized carbons (Fsp3) is 0.560. The number of carbonyl (C=O) groups excluding carboxylic acids is 1. The van der Waals surface area contributed by atoms with Crippen molar-refractivity contribution < 1.29 is 18.7 Å². The Morgan fingerprint density at radius 1 is 1.15 bits per heavy atom. The van der Waals surface area contributed by atoms with Gasteiger partial charge in [0.2, 0.25) is 5.91 Å². The molecule has 2 aliphatic heterocycles. The maximum absolute atomic E-state index is 14.8. The summed E-state index contributed by atoms with van der Waals surface area (Å²) < 4.78 is 28.4. The van der Waals surface area contributed by atoms with Crippen LogP contribution < -0.4 is 4.90 Å². The van der Waals surface area contributed by atoms with Gasteiger partial charge in [-0.15, -0.1) is 5.10 Å². The molecule has 1 N–H and O–H groups in total. The van der Waals surface area contributed by atoms with E-state index < -0.39 is 29.1 Å². The molecule has 3 heterocycles. The first-order valence-electron chi connectivity index (χ1n) is 11.7. The van der Waals surface area contributed by atoms with Crippen molar-refractivity contribution in [3.63, 3.8) is 0 Å².